The molecule has 1 aromatic heterocycles. The van der Waals surface area contributed by atoms with Gasteiger partial charge in [0.25, 0.3) is 0 Å². The molecule has 1 atom stereocenters. The van der Waals surface area contributed by atoms with Crippen molar-refractivity contribution in [2.75, 3.05) is 0 Å². The van der Waals surface area contributed by atoms with Gasteiger partial charge in [0, 0.05) is 15.9 Å². The second-order valence-corrected chi connectivity index (χ2v) is 5.91. The number of pyridine rings is 1. The van der Waals surface area contributed by atoms with Gasteiger partial charge >= 0.3 is 0 Å². The molecule has 0 fully saturated rings. The third kappa shape index (κ3) is 3.54. The highest BCUT2D eigenvalue weighted by Gasteiger charge is 2.08. The largest absolute Gasteiger partial charge is 0.249 e. The van der Waals surface area contributed by atoms with Crippen LogP contribution in [0.1, 0.15) is 17.7 Å². The van der Waals surface area contributed by atoms with E-state index in [9.17, 15) is 4.39 Å². The number of hydrogen-bond acceptors (Lipinski definition) is 2. The Kier molecular flexibility index (Phi) is 4.18. The minimum atomic E-state index is -0.196. The fraction of sp³-hybridized carbons (Fsp3) is 0.154. The van der Waals surface area contributed by atoms with Crippen LogP contribution in [0.15, 0.2) is 52.1 Å². The molecule has 0 aliphatic carbocycles. The molecule has 2 rings (SSSR count). The van der Waals surface area contributed by atoms with Crippen LogP contribution in [-0.2, 0) is 0 Å². The van der Waals surface area contributed by atoms with Gasteiger partial charge in [0.15, 0.2) is 0 Å². The fourth-order valence-corrected chi connectivity index (χ4v) is 2.58. The Bertz CT molecular complexity index is 501. The molecule has 4 heteroatoms. The topological polar surface area (TPSA) is 12.9 Å². The summed E-state index contributed by atoms with van der Waals surface area (Å²) >= 11 is 4.96. The van der Waals surface area contributed by atoms with Crippen molar-refractivity contribution in [2.24, 2.45) is 0 Å². The summed E-state index contributed by atoms with van der Waals surface area (Å²) in [7, 11) is 0. The molecule has 0 spiro atoms. The smallest absolute Gasteiger partial charge is 0.123 e. The minimum Gasteiger partial charge on any atom is -0.249 e. The van der Waals surface area contributed by atoms with Crippen LogP contribution in [0, 0.1) is 5.82 Å². The molecular weight excluding hydrogens is 301 g/mol. The summed E-state index contributed by atoms with van der Waals surface area (Å²) < 4.78 is 14.0. The van der Waals surface area contributed by atoms with Crippen LogP contribution in [0.4, 0.5) is 4.39 Å². The molecule has 1 nitrogen and oxygen atoms in total. The average Bonchev–Trinajstić information content (AvgIpc) is 2.32. The lowest BCUT2D eigenvalue weighted by atomic mass is 10.2. The van der Waals surface area contributed by atoms with Gasteiger partial charge in [-0.3, -0.25) is 0 Å². The van der Waals surface area contributed by atoms with E-state index in [1.165, 1.54) is 6.07 Å². The van der Waals surface area contributed by atoms with Gasteiger partial charge in [0.2, 0.25) is 0 Å². The van der Waals surface area contributed by atoms with Gasteiger partial charge in [-0.15, -0.1) is 0 Å². The lowest BCUT2D eigenvalue weighted by Crippen LogP contribution is -1.90. The van der Waals surface area contributed by atoms with E-state index in [-0.39, 0.29) is 11.1 Å². The zero-order chi connectivity index (χ0) is 12.3. The molecule has 0 aliphatic rings. The summed E-state index contributed by atoms with van der Waals surface area (Å²) in [6.07, 6.45) is 1.76. The highest BCUT2D eigenvalue weighted by molar-refractivity contribution is 9.10. The molecule has 17 heavy (non-hydrogen) atoms. The van der Waals surface area contributed by atoms with Crippen molar-refractivity contribution in [3.63, 3.8) is 0 Å². The van der Waals surface area contributed by atoms with E-state index < -0.39 is 0 Å². The van der Waals surface area contributed by atoms with E-state index in [0.717, 1.165) is 15.1 Å². The van der Waals surface area contributed by atoms with E-state index in [4.69, 9.17) is 0 Å². The highest BCUT2D eigenvalue weighted by atomic mass is 79.9. The number of thioether (sulfide) groups is 1. The van der Waals surface area contributed by atoms with Crippen molar-refractivity contribution in [1.29, 1.82) is 0 Å². The Labute approximate surface area is 113 Å². The second kappa shape index (κ2) is 5.65. The van der Waals surface area contributed by atoms with Crippen LogP contribution in [0.25, 0.3) is 0 Å². The number of halogens is 2. The van der Waals surface area contributed by atoms with Gasteiger partial charge in [-0.05, 0) is 52.7 Å². The van der Waals surface area contributed by atoms with E-state index in [1.807, 2.05) is 25.1 Å². The molecule has 1 aromatic carbocycles. The van der Waals surface area contributed by atoms with Crippen molar-refractivity contribution in [1.82, 2.24) is 4.98 Å². The maximum absolute atomic E-state index is 13.1. The first-order chi connectivity index (χ1) is 8.15. The van der Waals surface area contributed by atoms with Crippen molar-refractivity contribution >= 4 is 27.7 Å². The monoisotopic (exact) mass is 311 g/mol. The summed E-state index contributed by atoms with van der Waals surface area (Å²) in [5, 5.41) is 1.12. The molecule has 0 amide bonds. The first-order valence-corrected chi connectivity index (χ1v) is 6.86. The van der Waals surface area contributed by atoms with Crippen LogP contribution in [0.3, 0.4) is 0 Å². The summed E-state index contributed by atoms with van der Waals surface area (Å²) in [6, 6.07) is 10.6. The third-order valence-corrected chi connectivity index (χ3v) is 3.89. The average molecular weight is 312 g/mol. The van der Waals surface area contributed by atoms with Crippen LogP contribution < -0.4 is 0 Å². The van der Waals surface area contributed by atoms with Gasteiger partial charge < -0.3 is 0 Å². The van der Waals surface area contributed by atoms with Gasteiger partial charge in [0.1, 0.15) is 5.82 Å². The predicted molar refractivity (Wildman–Crippen MR) is 72.6 cm³/mol. The molecule has 0 saturated carbocycles. The number of nitrogens with zero attached hydrogens (tertiary/aromatic N) is 1. The van der Waals surface area contributed by atoms with E-state index in [1.54, 1.807) is 30.1 Å². The normalized spacial score (nSPS) is 12.4. The molecule has 88 valence electrons. The van der Waals surface area contributed by atoms with Crippen molar-refractivity contribution in [3.8, 4) is 0 Å². The summed E-state index contributed by atoms with van der Waals surface area (Å²) in [4.78, 5) is 4.29. The van der Waals surface area contributed by atoms with E-state index >= 15 is 0 Å². The first kappa shape index (κ1) is 12.6. The summed E-state index contributed by atoms with van der Waals surface area (Å²) in [5.74, 6) is -0.196. The Balaban J connectivity index is 2.11. The molecule has 1 heterocycles. The van der Waals surface area contributed by atoms with Gasteiger partial charge in [-0.1, -0.05) is 23.9 Å². The Hall–Kier alpha value is -0.870. The Morgan fingerprint density at radius 2 is 2.12 bits per heavy atom. The number of aromatic nitrogens is 1. The zero-order valence-corrected chi connectivity index (χ0v) is 11.6. The maximum atomic E-state index is 13.1. The van der Waals surface area contributed by atoms with Crippen molar-refractivity contribution in [2.45, 2.75) is 17.2 Å². The fourth-order valence-electron chi connectivity index (χ4n) is 1.44. The lowest BCUT2D eigenvalue weighted by molar-refractivity contribution is 0.625. The standard InChI is InChI=1S/C13H11BrFNS/c1-9(10-3-2-4-12(15)7-10)17-13-6-5-11(14)8-16-13/h2-9H,1H3. The molecule has 0 saturated heterocycles. The molecule has 1 unspecified atom stereocenters. The van der Waals surface area contributed by atoms with E-state index in [2.05, 4.69) is 20.9 Å². The second-order valence-electron chi connectivity index (χ2n) is 3.63. The number of rotatable bonds is 3. The van der Waals surface area contributed by atoms with Crippen molar-refractivity contribution in [3.05, 3.63) is 58.4 Å². The maximum Gasteiger partial charge on any atom is 0.123 e. The molecule has 0 bridgehead atoms. The number of hydrogen-bond donors (Lipinski definition) is 0. The quantitative estimate of drug-likeness (QED) is 0.752. The first-order valence-electron chi connectivity index (χ1n) is 5.19. The SMILES string of the molecule is CC(Sc1ccc(Br)cn1)c1cccc(F)c1. The Morgan fingerprint density at radius 3 is 2.76 bits per heavy atom. The van der Waals surface area contributed by atoms with Crippen LogP contribution in [0.5, 0.6) is 0 Å². The molecule has 0 aliphatic heterocycles. The van der Waals surface area contributed by atoms with Gasteiger partial charge in [-0.25, -0.2) is 9.37 Å². The van der Waals surface area contributed by atoms with Crippen LogP contribution >= 0.6 is 27.7 Å². The lowest BCUT2D eigenvalue weighted by Gasteiger charge is -2.10. The van der Waals surface area contributed by atoms with Crippen LogP contribution in [-0.4, -0.2) is 4.98 Å². The van der Waals surface area contributed by atoms with Gasteiger partial charge in [0.05, 0.1) is 5.03 Å². The third-order valence-electron chi connectivity index (χ3n) is 2.32. The Morgan fingerprint density at radius 1 is 1.29 bits per heavy atom. The molecule has 0 radical (unpaired) electrons. The van der Waals surface area contributed by atoms with Crippen molar-refractivity contribution < 1.29 is 4.39 Å². The highest BCUT2D eigenvalue weighted by Crippen LogP contribution is 2.33. The molecule has 2 aromatic rings. The minimum absolute atomic E-state index is 0.180. The summed E-state index contributed by atoms with van der Waals surface area (Å²) in [6.45, 7) is 2.04. The summed E-state index contributed by atoms with van der Waals surface area (Å²) in [5.41, 5.74) is 0.972. The van der Waals surface area contributed by atoms with E-state index in [0.29, 0.717) is 0 Å². The predicted octanol–water partition coefficient (Wildman–Crippen LogP) is 4.84. The van der Waals surface area contributed by atoms with Crippen LogP contribution in [0.2, 0.25) is 0 Å². The number of benzene rings is 1. The molecule has 0 N–H and O–H groups in total. The zero-order valence-electron chi connectivity index (χ0n) is 9.23. The van der Waals surface area contributed by atoms with Gasteiger partial charge in [-0.2, -0.15) is 0 Å². The molecular formula is C13H11BrFNS.